The first kappa shape index (κ1) is 23.6. The Kier molecular flexibility index (Phi) is 7.28. The van der Waals surface area contributed by atoms with Crippen LogP contribution in [0.3, 0.4) is 0 Å². The van der Waals surface area contributed by atoms with E-state index in [9.17, 15) is 9.59 Å². The second-order valence-electron chi connectivity index (χ2n) is 10.3. The van der Waals surface area contributed by atoms with Crippen LogP contribution in [0.15, 0.2) is 10.2 Å². The number of ether oxygens (including phenoxy) is 1. The van der Waals surface area contributed by atoms with Crippen LogP contribution in [-0.2, 0) is 9.53 Å². The fourth-order valence-electron chi connectivity index (χ4n) is 5.02. The Morgan fingerprint density at radius 1 is 1.13 bits per heavy atom. The van der Waals surface area contributed by atoms with E-state index in [1.54, 1.807) is 0 Å². The van der Waals surface area contributed by atoms with Gasteiger partial charge >= 0.3 is 6.09 Å². The number of nitrogens with zero attached hydrogens (tertiary/aromatic N) is 4. The summed E-state index contributed by atoms with van der Waals surface area (Å²) in [6, 6.07) is 0.511. The molecule has 0 aromatic heterocycles. The summed E-state index contributed by atoms with van der Waals surface area (Å²) in [7, 11) is 0. The number of hydrogen-bond donors (Lipinski definition) is 0. The third-order valence-electron chi connectivity index (χ3n) is 6.77. The van der Waals surface area contributed by atoms with E-state index in [-0.39, 0.29) is 24.1 Å². The Labute approximate surface area is 187 Å². The smallest absolute Gasteiger partial charge is 0.410 e. The summed E-state index contributed by atoms with van der Waals surface area (Å²) >= 11 is 0. The Balaban J connectivity index is 1.55. The van der Waals surface area contributed by atoms with E-state index in [1.165, 1.54) is 0 Å². The Morgan fingerprint density at radius 3 is 2.39 bits per heavy atom. The standard InChI is InChI=1S/C24H38N4O3/c1-6-7-14-24(25-26-24)15-11-21(29)28-18(2)9-8-10-20(28)19-12-16-27(17-13-19)22(30)31-23(3,4)5/h1,18-20H,7-17H2,2-5H3/t18-,20-/m1/s1. The second kappa shape index (κ2) is 9.58. The maximum atomic E-state index is 13.3. The minimum atomic E-state index is -0.479. The van der Waals surface area contributed by atoms with Crippen LogP contribution in [0.5, 0.6) is 0 Å². The normalized spacial score (nSPS) is 25.8. The zero-order valence-electron chi connectivity index (χ0n) is 19.6. The molecule has 2 atom stereocenters. The van der Waals surface area contributed by atoms with Gasteiger partial charge in [-0.1, -0.05) is 0 Å². The molecule has 0 N–H and O–H groups in total. The Morgan fingerprint density at radius 2 is 1.81 bits per heavy atom. The van der Waals surface area contributed by atoms with Crippen molar-refractivity contribution in [2.45, 2.75) is 109 Å². The van der Waals surface area contributed by atoms with Gasteiger partial charge in [0.25, 0.3) is 0 Å². The van der Waals surface area contributed by atoms with E-state index < -0.39 is 11.3 Å². The second-order valence-corrected chi connectivity index (χ2v) is 10.3. The number of carbonyl (C=O) groups is 2. The van der Waals surface area contributed by atoms with E-state index in [0.29, 0.717) is 38.3 Å². The molecule has 0 saturated carbocycles. The Hall–Kier alpha value is -2.10. The minimum Gasteiger partial charge on any atom is -0.444 e. The number of likely N-dealkylation sites (tertiary alicyclic amines) is 2. The minimum absolute atomic E-state index is 0.212. The molecule has 3 aliphatic heterocycles. The van der Waals surface area contributed by atoms with Gasteiger partial charge in [0.15, 0.2) is 5.66 Å². The lowest BCUT2D eigenvalue weighted by Gasteiger charge is -2.47. The van der Waals surface area contributed by atoms with Crippen LogP contribution in [0.25, 0.3) is 0 Å². The monoisotopic (exact) mass is 430 g/mol. The number of rotatable bonds is 6. The highest BCUT2D eigenvalue weighted by atomic mass is 16.6. The van der Waals surface area contributed by atoms with Crippen LogP contribution in [0.1, 0.15) is 85.5 Å². The summed E-state index contributed by atoms with van der Waals surface area (Å²) in [4.78, 5) is 29.6. The molecule has 0 radical (unpaired) electrons. The average Bonchev–Trinajstić information content (AvgIpc) is 3.49. The van der Waals surface area contributed by atoms with Crippen LogP contribution in [0.4, 0.5) is 4.79 Å². The molecule has 0 aromatic carbocycles. The molecule has 3 aliphatic rings. The van der Waals surface area contributed by atoms with E-state index in [4.69, 9.17) is 11.2 Å². The molecule has 2 fully saturated rings. The molecule has 7 nitrogen and oxygen atoms in total. The molecule has 0 aromatic rings. The third kappa shape index (κ3) is 6.21. The number of carbonyl (C=O) groups excluding carboxylic acids is 2. The average molecular weight is 431 g/mol. The molecule has 3 heterocycles. The van der Waals surface area contributed by atoms with E-state index in [0.717, 1.165) is 38.5 Å². The molecule has 172 valence electrons. The Bertz CT molecular complexity index is 722. The molecule has 31 heavy (non-hydrogen) atoms. The summed E-state index contributed by atoms with van der Waals surface area (Å²) in [5.74, 6) is 3.28. The van der Waals surface area contributed by atoms with E-state index in [1.807, 2.05) is 25.7 Å². The van der Waals surface area contributed by atoms with Gasteiger partial charge in [-0.15, -0.1) is 12.3 Å². The first-order chi connectivity index (χ1) is 14.6. The topological polar surface area (TPSA) is 74.6 Å². The van der Waals surface area contributed by atoms with Gasteiger partial charge in [-0.3, -0.25) is 4.79 Å². The molecule has 2 amide bonds. The summed E-state index contributed by atoms with van der Waals surface area (Å²) in [6.45, 7) is 9.23. The highest BCUT2D eigenvalue weighted by Gasteiger charge is 2.42. The molecule has 0 bridgehead atoms. The lowest BCUT2D eigenvalue weighted by atomic mass is 9.81. The molecule has 0 unspecified atom stereocenters. The zero-order chi connectivity index (χ0) is 22.6. The van der Waals surface area contributed by atoms with Gasteiger partial charge in [0.05, 0.1) is 0 Å². The summed E-state index contributed by atoms with van der Waals surface area (Å²) in [6.07, 6.45) is 12.7. The van der Waals surface area contributed by atoms with Crippen molar-refractivity contribution in [1.82, 2.24) is 9.80 Å². The third-order valence-corrected chi connectivity index (χ3v) is 6.77. The fourth-order valence-corrected chi connectivity index (χ4v) is 5.02. The van der Waals surface area contributed by atoms with Gasteiger partial charge < -0.3 is 14.5 Å². The summed E-state index contributed by atoms with van der Waals surface area (Å²) in [5, 5.41) is 8.35. The number of terminal acetylenes is 1. The van der Waals surface area contributed by atoms with Gasteiger partial charge in [-0.25, -0.2) is 4.79 Å². The highest BCUT2D eigenvalue weighted by Crippen LogP contribution is 2.39. The quantitative estimate of drug-likeness (QED) is 0.570. The van der Waals surface area contributed by atoms with Crippen molar-refractivity contribution in [3.8, 4) is 12.3 Å². The maximum Gasteiger partial charge on any atom is 0.410 e. The lowest BCUT2D eigenvalue weighted by Crippen LogP contribution is -2.54. The molecular weight excluding hydrogens is 392 g/mol. The molecule has 7 heteroatoms. The number of piperidine rings is 2. The van der Waals surface area contributed by atoms with Gasteiger partial charge in [0.1, 0.15) is 5.60 Å². The predicted molar refractivity (Wildman–Crippen MR) is 119 cm³/mol. The van der Waals surface area contributed by atoms with Crippen molar-refractivity contribution in [1.29, 1.82) is 0 Å². The predicted octanol–water partition coefficient (Wildman–Crippen LogP) is 4.76. The molecule has 0 spiro atoms. The highest BCUT2D eigenvalue weighted by molar-refractivity contribution is 5.77. The van der Waals surface area contributed by atoms with Gasteiger partial charge in [-0.05, 0) is 65.7 Å². The van der Waals surface area contributed by atoms with Crippen LogP contribution >= 0.6 is 0 Å². The van der Waals surface area contributed by atoms with Crippen LogP contribution in [0.2, 0.25) is 0 Å². The van der Waals surface area contributed by atoms with Crippen LogP contribution in [0, 0.1) is 18.3 Å². The molecule has 3 rings (SSSR count). The summed E-state index contributed by atoms with van der Waals surface area (Å²) < 4.78 is 5.52. The van der Waals surface area contributed by atoms with Crippen molar-refractivity contribution < 1.29 is 14.3 Å². The van der Waals surface area contributed by atoms with Crippen molar-refractivity contribution >= 4 is 12.0 Å². The van der Waals surface area contributed by atoms with Crippen LogP contribution < -0.4 is 0 Å². The van der Waals surface area contributed by atoms with Gasteiger partial charge in [0, 0.05) is 50.9 Å². The molecule has 2 saturated heterocycles. The number of hydrogen-bond acceptors (Lipinski definition) is 5. The van der Waals surface area contributed by atoms with Crippen molar-refractivity contribution in [3.05, 3.63) is 0 Å². The maximum absolute atomic E-state index is 13.3. The lowest BCUT2D eigenvalue weighted by molar-refractivity contribution is -0.140. The van der Waals surface area contributed by atoms with Crippen molar-refractivity contribution in [2.75, 3.05) is 13.1 Å². The number of amides is 2. The van der Waals surface area contributed by atoms with Gasteiger partial charge in [0.2, 0.25) is 5.91 Å². The van der Waals surface area contributed by atoms with E-state index in [2.05, 4.69) is 28.0 Å². The van der Waals surface area contributed by atoms with Crippen molar-refractivity contribution in [3.63, 3.8) is 0 Å². The van der Waals surface area contributed by atoms with E-state index >= 15 is 0 Å². The first-order valence-corrected chi connectivity index (χ1v) is 11.8. The fraction of sp³-hybridized carbons (Fsp3) is 0.833. The molecular formula is C24H38N4O3. The van der Waals surface area contributed by atoms with Crippen molar-refractivity contribution in [2.24, 2.45) is 16.1 Å². The van der Waals surface area contributed by atoms with Crippen LogP contribution in [-0.4, -0.2) is 58.2 Å². The SMILES string of the molecule is C#CCCC1(CCC(=O)N2[C@H](C)CCC[C@@H]2C2CCN(C(=O)OC(C)(C)C)CC2)N=N1. The summed E-state index contributed by atoms with van der Waals surface area (Å²) in [5.41, 5.74) is -0.886. The molecule has 0 aliphatic carbocycles. The van der Waals surface area contributed by atoms with Gasteiger partial charge in [-0.2, -0.15) is 10.2 Å². The first-order valence-electron chi connectivity index (χ1n) is 11.8. The largest absolute Gasteiger partial charge is 0.444 e. The zero-order valence-corrected chi connectivity index (χ0v) is 19.6.